The average Bonchev–Trinajstić information content (AvgIpc) is 3.38. The van der Waals surface area contributed by atoms with Gasteiger partial charge in [0.2, 0.25) is 11.8 Å². The number of aliphatic hydroxyl groups excluding tert-OH is 1. The maximum atomic E-state index is 13.5. The van der Waals surface area contributed by atoms with E-state index >= 15 is 0 Å². The molecule has 0 aromatic heterocycles. The Balaban J connectivity index is 1.58. The number of aliphatic hydroxyl groups is 1. The molecule has 2 saturated heterocycles. The highest BCUT2D eigenvalue weighted by molar-refractivity contribution is 8.01. The fourth-order valence-corrected chi connectivity index (χ4v) is 6.63. The Morgan fingerprint density at radius 2 is 2.00 bits per heavy atom. The van der Waals surface area contributed by atoms with Crippen molar-refractivity contribution in [1.82, 2.24) is 15.1 Å². The van der Waals surface area contributed by atoms with E-state index in [0.29, 0.717) is 12.1 Å². The summed E-state index contributed by atoms with van der Waals surface area (Å²) in [6.45, 7) is 8.28. The second kappa shape index (κ2) is 8.13. The van der Waals surface area contributed by atoms with E-state index in [0.717, 1.165) is 18.4 Å². The highest BCUT2D eigenvalue weighted by atomic mass is 32.2. The number of likely N-dealkylation sites (tertiary alicyclic amines) is 1. The maximum Gasteiger partial charge on any atom is 0.256 e. The lowest BCUT2D eigenvalue weighted by molar-refractivity contribution is -0.140. The number of hydrogen-bond donors (Lipinski definition) is 2. The van der Waals surface area contributed by atoms with Gasteiger partial charge in [-0.1, -0.05) is 32.0 Å². The van der Waals surface area contributed by atoms with Crippen LogP contribution in [0.4, 0.5) is 0 Å². The first-order chi connectivity index (χ1) is 14.7. The van der Waals surface area contributed by atoms with Gasteiger partial charge in [-0.25, -0.2) is 0 Å². The summed E-state index contributed by atoms with van der Waals surface area (Å²) in [6, 6.07) is 5.94. The molecule has 31 heavy (non-hydrogen) atoms. The van der Waals surface area contributed by atoms with Crippen LogP contribution in [0, 0.1) is 5.92 Å². The first-order valence-electron chi connectivity index (χ1n) is 11.0. The number of carbonyl (C=O) groups excluding carboxylic acids is 3. The molecule has 3 amide bonds. The third-order valence-corrected chi connectivity index (χ3v) is 8.18. The summed E-state index contributed by atoms with van der Waals surface area (Å²) in [6.07, 6.45) is 1.62. The predicted molar refractivity (Wildman–Crippen MR) is 119 cm³/mol. The number of thioether (sulfide) groups is 1. The Morgan fingerprint density at radius 1 is 1.29 bits per heavy atom. The van der Waals surface area contributed by atoms with Crippen LogP contribution in [0.25, 0.3) is 0 Å². The molecular weight excluding hydrogens is 414 g/mol. The van der Waals surface area contributed by atoms with E-state index in [4.69, 9.17) is 0 Å². The van der Waals surface area contributed by atoms with Gasteiger partial charge in [0.15, 0.2) is 0 Å². The van der Waals surface area contributed by atoms with Gasteiger partial charge >= 0.3 is 0 Å². The number of fused-ring (bicyclic) bond motifs is 3. The van der Waals surface area contributed by atoms with Crippen molar-refractivity contribution in [2.24, 2.45) is 5.92 Å². The van der Waals surface area contributed by atoms with Crippen molar-refractivity contribution in [1.29, 1.82) is 0 Å². The molecule has 0 spiro atoms. The molecule has 0 bridgehead atoms. The van der Waals surface area contributed by atoms with E-state index in [1.165, 1.54) is 0 Å². The highest BCUT2D eigenvalue weighted by Crippen LogP contribution is 2.56. The standard InChI is InChI=1S/C23H31N3O4S/c1-13(2)17(21(30)25-11-7-8-14(25)12-27)24-19(28)18-23(3,4)31-22-16-10-6-5-9-15(16)20(29)26(18)22/h5-6,9-10,13-14,17-18,22,27H,7-8,11-12H2,1-4H3,(H,24,28)/t14-,17-,18+,22-/m0/s1. The number of hydrogen-bond acceptors (Lipinski definition) is 5. The van der Waals surface area contributed by atoms with E-state index < -0.39 is 16.8 Å². The zero-order valence-electron chi connectivity index (χ0n) is 18.5. The molecule has 0 saturated carbocycles. The minimum absolute atomic E-state index is 0.0704. The van der Waals surface area contributed by atoms with Gasteiger partial charge in [0.05, 0.1) is 12.6 Å². The van der Waals surface area contributed by atoms with Crippen LogP contribution in [0.15, 0.2) is 24.3 Å². The normalized spacial score (nSPS) is 27.4. The minimum Gasteiger partial charge on any atom is -0.394 e. The van der Waals surface area contributed by atoms with Crippen molar-refractivity contribution in [2.45, 2.75) is 68.8 Å². The Hall–Kier alpha value is -2.06. The van der Waals surface area contributed by atoms with Crippen molar-refractivity contribution in [2.75, 3.05) is 13.2 Å². The smallest absolute Gasteiger partial charge is 0.256 e. The lowest BCUT2D eigenvalue weighted by Gasteiger charge is -2.34. The lowest BCUT2D eigenvalue weighted by Crippen LogP contribution is -2.59. The van der Waals surface area contributed by atoms with E-state index in [9.17, 15) is 19.5 Å². The van der Waals surface area contributed by atoms with Crippen LogP contribution in [-0.2, 0) is 9.59 Å². The van der Waals surface area contributed by atoms with Gasteiger partial charge in [0.1, 0.15) is 17.5 Å². The molecule has 8 heteroatoms. The molecule has 1 aromatic carbocycles. The molecular formula is C23H31N3O4S. The SMILES string of the molecule is CC(C)[C@H](NC(=O)[C@H]1N2C(=O)c3ccccc3[C@@H]2SC1(C)C)C(=O)N1CCC[C@H]1CO. The minimum atomic E-state index is -0.695. The van der Waals surface area contributed by atoms with Crippen molar-refractivity contribution < 1.29 is 19.5 Å². The van der Waals surface area contributed by atoms with Crippen LogP contribution in [0.1, 0.15) is 61.8 Å². The topological polar surface area (TPSA) is 90.0 Å². The van der Waals surface area contributed by atoms with Crippen molar-refractivity contribution in [3.05, 3.63) is 35.4 Å². The third kappa shape index (κ3) is 3.63. The predicted octanol–water partition coefficient (Wildman–Crippen LogP) is 2.16. The van der Waals surface area contributed by atoms with Crippen LogP contribution < -0.4 is 5.32 Å². The molecule has 4 atom stereocenters. The van der Waals surface area contributed by atoms with Crippen LogP contribution in [-0.4, -0.2) is 68.7 Å². The van der Waals surface area contributed by atoms with Gasteiger partial charge in [-0.05, 0) is 44.2 Å². The summed E-state index contributed by atoms with van der Waals surface area (Å²) in [5.41, 5.74) is 1.59. The van der Waals surface area contributed by atoms with Crippen LogP contribution in [0.2, 0.25) is 0 Å². The van der Waals surface area contributed by atoms with Gasteiger partial charge in [-0.15, -0.1) is 11.8 Å². The Labute approximate surface area is 187 Å². The number of amides is 3. The summed E-state index contributed by atoms with van der Waals surface area (Å²) in [7, 11) is 0. The Kier molecular flexibility index (Phi) is 5.81. The first kappa shape index (κ1) is 22.1. The number of rotatable bonds is 5. The zero-order chi connectivity index (χ0) is 22.5. The molecule has 4 rings (SSSR count). The van der Waals surface area contributed by atoms with Gasteiger partial charge in [0.25, 0.3) is 5.91 Å². The summed E-state index contributed by atoms with van der Waals surface area (Å²) in [5.74, 6) is -0.703. The second-order valence-electron chi connectivity index (χ2n) is 9.52. The molecule has 2 fully saturated rings. The Bertz CT molecular complexity index is 903. The average molecular weight is 446 g/mol. The largest absolute Gasteiger partial charge is 0.394 e. The first-order valence-corrected chi connectivity index (χ1v) is 11.9. The molecule has 0 aliphatic carbocycles. The lowest BCUT2D eigenvalue weighted by atomic mass is 9.97. The van der Waals surface area contributed by atoms with Crippen molar-refractivity contribution >= 4 is 29.5 Å². The number of benzene rings is 1. The summed E-state index contributed by atoms with van der Waals surface area (Å²) in [5, 5.41) is 12.4. The van der Waals surface area contributed by atoms with E-state index in [2.05, 4.69) is 5.32 Å². The molecule has 2 N–H and O–H groups in total. The van der Waals surface area contributed by atoms with Gasteiger partial charge < -0.3 is 20.2 Å². The summed E-state index contributed by atoms with van der Waals surface area (Å²) in [4.78, 5) is 43.3. The highest BCUT2D eigenvalue weighted by Gasteiger charge is 2.57. The molecule has 0 radical (unpaired) electrons. The number of nitrogens with zero attached hydrogens (tertiary/aromatic N) is 2. The fraction of sp³-hybridized carbons (Fsp3) is 0.609. The molecule has 3 aliphatic rings. The van der Waals surface area contributed by atoms with E-state index in [-0.39, 0.29) is 41.7 Å². The zero-order valence-corrected chi connectivity index (χ0v) is 19.3. The molecule has 7 nitrogen and oxygen atoms in total. The molecule has 3 aliphatic heterocycles. The number of carbonyl (C=O) groups is 3. The summed E-state index contributed by atoms with van der Waals surface area (Å²) >= 11 is 1.61. The van der Waals surface area contributed by atoms with Crippen LogP contribution in [0.5, 0.6) is 0 Å². The number of nitrogens with one attached hydrogen (secondary N) is 1. The van der Waals surface area contributed by atoms with E-state index in [1.54, 1.807) is 27.6 Å². The monoisotopic (exact) mass is 445 g/mol. The van der Waals surface area contributed by atoms with Crippen molar-refractivity contribution in [3.8, 4) is 0 Å². The quantitative estimate of drug-likeness (QED) is 0.725. The van der Waals surface area contributed by atoms with Crippen LogP contribution >= 0.6 is 11.8 Å². The molecule has 3 heterocycles. The van der Waals surface area contributed by atoms with Crippen LogP contribution in [0.3, 0.4) is 0 Å². The van der Waals surface area contributed by atoms with E-state index in [1.807, 2.05) is 45.9 Å². The fourth-order valence-electron chi connectivity index (χ4n) is 5.04. The van der Waals surface area contributed by atoms with Gasteiger partial charge in [0, 0.05) is 16.9 Å². The second-order valence-corrected chi connectivity index (χ2v) is 11.3. The molecule has 168 valence electrons. The van der Waals surface area contributed by atoms with Gasteiger partial charge in [-0.2, -0.15) is 0 Å². The van der Waals surface area contributed by atoms with Crippen molar-refractivity contribution in [3.63, 3.8) is 0 Å². The Morgan fingerprint density at radius 3 is 2.68 bits per heavy atom. The molecule has 1 aromatic rings. The molecule has 0 unspecified atom stereocenters. The summed E-state index contributed by atoms with van der Waals surface area (Å²) < 4.78 is -0.496. The maximum absolute atomic E-state index is 13.5. The van der Waals surface area contributed by atoms with Gasteiger partial charge in [-0.3, -0.25) is 14.4 Å². The third-order valence-electron chi connectivity index (χ3n) is 6.65.